The number of aromatic amines is 1. The molecule has 3 aromatic heterocycles. The van der Waals surface area contributed by atoms with Gasteiger partial charge in [-0.1, -0.05) is 6.07 Å². The summed E-state index contributed by atoms with van der Waals surface area (Å²) in [5.41, 5.74) is 1.39. The van der Waals surface area contributed by atoms with Gasteiger partial charge in [-0.05, 0) is 31.9 Å². The van der Waals surface area contributed by atoms with Gasteiger partial charge >= 0.3 is 0 Å². The van der Waals surface area contributed by atoms with E-state index >= 15 is 0 Å². The highest BCUT2D eigenvalue weighted by Crippen LogP contribution is 2.35. The fraction of sp³-hybridized carbons (Fsp3) is 0.294. The molecule has 1 saturated carbocycles. The Balaban J connectivity index is 1.46. The standard InChI is InChI=1S/C17H16FN5O2/c1-9-3-2-4-13-22-15(16(18)23(9)13)17(25)21-11-5-10(6-11)12-7-14(24)20-8-19-12/h2-4,7-8,10-11H,5-6H2,1H3,(H,21,25)(H,19,20,24). The van der Waals surface area contributed by atoms with Crippen LogP contribution in [0.3, 0.4) is 0 Å². The van der Waals surface area contributed by atoms with E-state index in [0.717, 1.165) is 0 Å². The van der Waals surface area contributed by atoms with Crippen molar-refractivity contribution in [3.05, 3.63) is 64.0 Å². The number of carbonyl (C=O) groups is 1. The van der Waals surface area contributed by atoms with Gasteiger partial charge in [0.05, 0.1) is 12.0 Å². The van der Waals surface area contributed by atoms with Gasteiger partial charge in [-0.2, -0.15) is 4.39 Å². The molecule has 8 heteroatoms. The van der Waals surface area contributed by atoms with Gasteiger partial charge in [0.1, 0.15) is 5.65 Å². The number of nitrogens with zero attached hydrogens (tertiary/aromatic N) is 3. The van der Waals surface area contributed by atoms with Crippen molar-refractivity contribution in [1.29, 1.82) is 0 Å². The number of imidazole rings is 1. The Morgan fingerprint density at radius 1 is 1.40 bits per heavy atom. The Hall–Kier alpha value is -3.03. The van der Waals surface area contributed by atoms with Gasteiger partial charge in [-0.3, -0.25) is 14.0 Å². The number of carbonyl (C=O) groups excluding carboxylic acids is 1. The first-order valence-corrected chi connectivity index (χ1v) is 8.02. The SMILES string of the molecule is Cc1cccc2nc(C(=O)NC3CC(c4cc(=O)[nH]cn4)C3)c(F)n12. The predicted octanol–water partition coefficient (Wildman–Crippen LogP) is 1.54. The maximum Gasteiger partial charge on any atom is 0.274 e. The largest absolute Gasteiger partial charge is 0.348 e. The van der Waals surface area contributed by atoms with Gasteiger partial charge in [-0.15, -0.1) is 0 Å². The topological polar surface area (TPSA) is 92.1 Å². The van der Waals surface area contributed by atoms with Crippen molar-refractivity contribution in [3.63, 3.8) is 0 Å². The second-order valence-corrected chi connectivity index (χ2v) is 6.29. The van der Waals surface area contributed by atoms with Crippen LogP contribution in [0, 0.1) is 12.9 Å². The fourth-order valence-corrected chi connectivity index (χ4v) is 3.19. The third-order valence-electron chi connectivity index (χ3n) is 4.59. The molecular formula is C17H16FN5O2. The van der Waals surface area contributed by atoms with Crippen LogP contribution in [0.5, 0.6) is 0 Å². The summed E-state index contributed by atoms with van der Waals surface area (Å²) in [6, 6.07) is 6.57. The number of halogens is 1. The van der Waals surface area contributed by atoms with Gasteiger partial charge in [0.15, 0.2) is 5.69 Å². The minimum Gasteiger partial charge on any atom is -0.348 e. The van der Waals surface area contributed by atoms with E-state index in [1.165, 1.54) is 16.8 Å². The van der Waals surface area contributed by atoms with Crippen molar-refractivity contribution in [2.45, 2.75) is 31.7 Å². The summed E-state index contributed by atoms with van der Waals surface area (Å²) in [7, 11) is 0. The summed E-state index contributed by atoms with van der Waals surface area (Å²) in [6.07, 6.45) is 2.70. The molecule has 0 atom stereocenters. The summed E-state index contributed by atoms with van der Waals surface area (Å²) in [5.74, 6) is -1.05. The molecule has 0 unspecified atom stereocenters. The summed E-state index contributed by atoms with van der Waals surface area (Å²) in [4.78, 5) is 34.4. The van der Waals surface area contributed by atoms with E-state index in [1.54, 1.807) is 25.1 Å². The molecule has 1 aliphatic carbocycles. The van der Waals surface area contributed by atoms with Gasteiger partial charge in [0, 0.05) is 23.7 Å². The monoisotopic (exact) mass is 341 g/mol. The number of aromatic nitrogens is 4. The number of H-pyrrole nitrogens is 1. The average Bonchev–Trinajstić information content (AvgIpc) is 2.88. The lowest BCUT2D eigenvalue weighted by molar-refractivity contribution is 0.0899. The minimum absolute atomic E-state index is 0.0797. The summed E-state index contributed by atoms with van der Waals surface area (Å²) in [5, 5.41) is 2.80. The van der Waals surface area contributed by atoms with Crippen molar-refractivity contribution < 1.29 is 9.18 Å². The minimum atomic E-state index is -0.655. The van der Waals surface area contributed by atoms with E-state index in [4.69, 9.17) is 0 Å². The lowest BCUT2D eigenvalue weighted by atomic mass is 9.78. The zero-order chi connectivity index (χ0) is 17.6. The first kappa shape index (κ1) is 15.5. The molecule has 3 heterocycles. The third kappa shape index (κ3) is 2.69. The number of hydrogen-bond acceptors (Lipinski definition) is 4. The van der Waals surface area contributed by atoms with Crippen LogP contribution >= 0.6 is 0 Å². The summed E-state index contributed by atoms with van der Waals surface area (Å²) >= 11 is 0. The van der Waals surface area contributed by atoms with Crippen molar-refractivity contribution in [1.82, 2.24) is 24.7 Å². The van der Waals surface area contributed by atoms with Crippen LogP contribution in [0.25, 0.3) is 5.65 Å². The molecule has 2 N–H and O–H groups in total. The molecule has 4 rings (SSSR count). The number of pyridine rings is 1. The normalized spacial score (nSPS) is 19.6. The van der Waals surface area contributed by atoms with Gasteiger partial charge in [-0.25, -0.2) is 9.97 Å². The molecule has 1 amide bonds. The van der Waals surface area contributed by atoms with Crippen LogP contribution in [0.4, 0.5) is 4.39 Å². The van der Waals surface area contributed by atoms with E-state index in [1.807, 2.05) is 0 Å². The zero-order valence-electron chi connectivity index (χ0n) is 13.5. The molecule has 0 aliphatic heterocycles. The molecule has 0 radical (unpaired) electrons. The molecule has 1 fully saturated rings. The molecule has 128 valence electrons. The average molecular weight is 341 g/mol. The van der Waals surface area contributed by atoms with Crippen molar-refractivity contribution in [2.75, 3.05) is 0 Å². The highest BCUT2D eigenvalue weighted by atomic mass is 19.1. The van der Waals surface area contributed by atoms with E-state index in [0.29, 0.717) is 29.9 Å². The maximum atomic E-state index is 14.5. The lowest BCUT2D eigenvalue weighted by Crippen LogP contribution is -2.44. The predicted molar refractivity (Wildman–Crippen MR) is 88.0 cm³/mol. The van der Waals surface area contributed by atoms with E-state index in [-0.39, 0.29) is 23.2 Å². The highest BCUT2D eigenvalue weighted by molar-refractivity contribution is 5.93. The first-order valence-electron chi connectivity index (χ1n) is 8.02. The first-order chi connectivity index (χ1) is 12.0. The molecule has 0 saturated heterocycles. The zero-order valence-corrected chi connectivity index (χ0v) is 13.5. The second kappa shape index (κ2) is 5.80. The second-order valence-electron chi connectivity index (χ2n) is 6.29. The smallest absolute Gasteiger partial charge is 0.274 e. The number of nitrogens with one attached hydrogen (secondary N) is 2. The fourth-order valence-electron chi connectivity index (χ4n) is 3.19. The lowest BCUT2D eigenvalue weighted by Gasteiger charge is -2.35. The molecule has 25 heavy (non-hydrogen) atoms. The molecular weight excluding hydrogens is 325 g/mol. The van der Waals surface area contributed by atoms with Crippen LogP contribution in [0.1, 0.15) is 40.6 Å². The number of hydrogen-bond donors (Lipinski definition) is 2. The van der Waals surface area contributed by atoms with E-state index in [2.05, 4.69) is 20.3 Å². The highest BCUT2D eigenvalue weighted by Gasteiger charge is 2.33. The Morgan fingerprint density at radius 3 is 2.92 bits per heavy atom. The van der Waals surface area contributed by atoms with E-state index in [9.17, 15) is 14.0 Å². The van der Waals surface area contributed by atoms with E-state index < -0.39 is 11.9 Å². The Kier molecular flexibility index (Phi) is 3.60. The van der Waals surface area contributed by atoms with Crippen LogP contribution in [-0.2, 0) is 0 Å². The van der Waals surface area contributed by atoms with Crippen LogP contribution in [-0.4, -0.2) is 31.3 Å². The third-order valence-corrected chi connectivity index (χ3v) is 4.59. The van der Waals surface area contributed by atoms with Gasteiger partial charge in [0.2, 0.25) is 5.95 Å². The van der Waals surface area contributed by atoms with Crippen molar-refractivity contribution >= 4 is 11.6 Å². The Morgan fingerprint density at radius 2 is 2.20 bits per heavy atom. The number of amides is 1. The van der Waals surface area contributed by atoms with Crippen LogP contribution < -0.4 is 10.9 Å². The summed E-state index contributed by atoms with van der Waals surface area (Å²) < 4.78 is 15.8. The maximum absolute atomic E-state index is 14.5. The molecule has 0 aromatic carbocycles. The van der Waals surface area contributed by atoms with Crippen molar-refractivity contribution in [2.24, 2.45) is 0 Å². The Labute approximate surface area is 141 Å². The van der Waals surface area contributed by atoms with Crippen LogP contribution in [0.2, 0.25) is 0 Å². The van der Waals surface area contributed by atoms with Gasteiger partial charge in [0.25, 0.3) is 11.5 Å². The molecule has 3 aromatic rings. The molecule has 0 spiro atoms. The molecule has 0 bridgehead atoms. The number of fused-ring (bicyclic) bond motifs is 1. The number of aryl methyl sites for hydroxylation is 1. The summed E-state index contributed by atoms with van der Waals surface area (Å²) in [6.45, 7) is 1.75. The van der Waals surface area contributed by atoms with Crippen LogP contribution in [0.15, 0.2) is 35.4 Å². The molecule has 1 aliphatic rings. The Bertz CT molecular complexity index is 1020. The quantitative estimate of drug-likeness (QED) is 0.756. The molecule has 7 nitrogen and oxygen atoms in total. The number of rotatable bonds is 3. The van der Waals surface area contributed by atoms with Crippen molar-refractivity contribution in [3.8, 4) is 0 Å². The van der Waals surface area contributed by atoms with Gasteiger partial charge < -0.3 is 10.3 Å².